The molecule has 0 fully saturated rings. The zero-order valence-corrected chi connectivity index (χ0v) is 11.1. The quantitative estimate of drug-likeness (QED) is 0.669. The highest BCUT2D eigenvalue weighted by atomic mass is 16.4. The molecule has 0 saturated carbocycles. The van der Waals surface area contributed by atoms with Gasteiger partial charge in [0.25, 0.3) is 0 Å². The third-order valence-electron chi connectivity index (χ3n) is 2.63. The number of carbonyl (C=O) groups excluding carboxylic acids is 1. The van der Waals surface area contributed by atoms with Crippen LogP contribution in [0.15, 0.2) is 18.5 Å². The highest BCUT2D eigenvalue weighted by Crippen LogP contribution is 2.16. The molecule has 8 heteroatoms. The highest BCUT2D eigenvalue weighted by molar-refractivity contribution is 5.99. The van der Waals surface area contributed by atoms with Crippen molar-refractivity contribution in [2.75, 3.05) is 5.32 Å². The van der Waals surface area contributed by atoms with Gasteiger partial charge in [0.1, 0.15) is 5.69 Å². The summed E-state index contributed by atoms with van der Waals surface area (Å²) in [4.78, 5) is 25.4. The molecule has 0 radical (unpaired) electrons. The van der Waals surface area contributed by atoms with E-state index in [1.807, 2.05) is 0 Å². The van der Waals surface area contributed by atoms with Crippen LogP contribution in [-0.2, 0) is 13.6 Å². The van der Waals surface area contributed by atoms with Crippen molar-refractivity contribution >= 4 is 17.7 Å². The second-order valence-electron chi connectivity index (χ2n) is 4.38. The number of carboxylic acid groups (broad SMARTS) is 1. The van der Waals surface area contributed by atoms with Crippen LogP contribution in [0.4, 0.5) is 10.5 Å². The molecule has 2 heterocycles. The van der Waals surface area contributed by atoms with Crippen LogP contribution < -0.4 is 10.6 Å². The maximum absolute atomic E-state index is 11.7. The monoisotopic (exact) mass is 277 g/mol. The van der Waals surface area contributed by atoms with Crippen molar-refractivity contribution in [2.45, 2.75) is 13.5 Å². The van der Waals surface area contributed by atoms with E-state index >= 15 is 0 Å². The molecular weight excluding hydrogens is 262 g/mol. The molecule has 2 rings (SSSR count). The summed E-state index contributed by atoms with van der Waals surface area (Å²) in [5.74, 6) is -1.12. The van der Waals surface area contributed by atoms with E-state index in [4.69, 9.17) is 5.11 Å². The van der Waals surface area contributed by atoms with Crippen molar-refractivity contribution in [3.05, 3.63) is 35.4 Å². The van der Waals surface area contributed by atoms with E-state index in [0.717, 1.165) is 5.56 Å². The Morgan fingerprint density at radius 1 is 1.50 bits per heavy atom. The van der Waals surface area contributed by atoms with E-state index in [0.29, 0.717) is 12.2 Å². The summed E-state index contributed by atoms with van der Waals surface area (Å²) in [5, 5.41) is 18.1. The number of aromatic amines is 1. The number of hydrogen-bond donors (Lipinski definition) is 4. The van der Waals surface area contributed by atoms with Gasteiger partial charge in [0.2, 0.25) is 0 Å². The number of nitrogens with zero attached hydrogens (tertiary/aromatic N) is 2. The van der Waals surface area contributed by atoms with Crippen LogP contribution in [0.25, 0.3) is 0 Å². The third-order valence-corrected chi connectivity index (χ3v) is 2.63. The summed E-state index contributed by atoms with van der Waals surface area (Å²) in [5.41, 5.74) is 1.70. The maximum atomic E-state index is 11.7. The molecule has 0 spiro atoms. The summed E-state index contributed by atoms with van der Waals surface area (Å²) >= 11 is 0. The first-order valence-corrected chi connectivity index (χ1v) is 5.91. The van der Waals surface area contributed by atoms with Crippen molar-refractivity contribution in [1.29, 1.82) is 0 Å². The Bertz CT molecular complexity index is 643. The second kappa shape index (κ2) is 5.47. The van der Waals surface area contributed by atoms with Crippen LogP contribution in [-0.4, -0.2) is 31.9 Å². The number of urea groups is 1. The van der Waals surface area contributed by atoms with Gasteiger partial charge >= 0.3 is 12.0 Å². The third kappa shape index (κ3) is 3.16. The SMILES string of the molecule is Cc1cc(NC(=O)NCc2cnn(C)c2)c(C(=O)O)[nH]1. The fourth-order valence-electron chi connectivity index (χ4n) is 1.77. The molecule has 0 aliphatic carbocycles. The van der Waals surface area contributed by atoms with Crippen LogP contribution in [0.2, 0.25) is 0 Å². The molecule has 2 aromatic rings. The minimum absolute atomic E-state index is 0.0426. The highest BCUT2D eigenvalue weighted by Gasteiger charge is 2.15. The number of aromatic nitrogens is 3. The Morgan fingerprint density at radius 2 is 2.25 bits per heavy atom. The Balaban J connectivity index is 1.96. The van der Waals surface area contributed by atoms with Gasteiger partial charge in [-0.15, -0.1) is 0 Å². The van der Waals surface area contributed by atoms with Crippen molar-refractivity contribution in [3.8, 4) is 0 Å². The Kier molecular flexibility index (Phi) is 3.74. The van der Waals surface area contributed by atoms with Gasteiger partial charge in [-0.2, -0.15) is 5.10 Å². The van der Waals surface area contributed by atoms with Crippen molar-refractivity contribution in [3.63, 3.8) is 0 Å². The minimum Gasteiger partial charge on any atom is -0.477 e. The number of aryl methyl sites for hydroxylation is 2. The van der Waals surface area contributed by atoms with E-state index in [-0.39, 0.29) is 11.4 Å². The summed E-state index contributed by atoms with van der Waals surface area (Å²) in [6.07, 6.45) is 3.42. The van der Waals surface area contributed by atoms with Gasteiger partial charge in [0.05, 0.1) is 11.9 Å². The topological polar surface area (TPSA) is 112 Å². The van der Waals surface area contributed by atoms with Gasteiger partial charge in [0, 0.05) is 31.0 Å². The lowest BCUT2D eigenvalue weighted by Gasteiger charge is -2.05. The molecule has 0 bridgehead atoms. The van der Waals surface area contributed by atoms with Crippen LogP contribution in [0.1, 0.15) is 21.7 Å². The molecule has 2 amide bonds. The molecule has 0 aliphatic rings. The molecule has 8 nitrogen and oxygen atoms in total. The number of amides is 2. The molecule has 0 aliphatic heterocycles. The number of nitrogens with one attached hydrogen (secondary N) is 3. The van der Waals surface area contributed by atoms with Gasteiger partial charge in [-0.05, 0) is 13.0 Å². The minimum atomic E-state index is -1.12. The normalized spacial score (nSPS) is 10.3. The van der Waals surface area contributed by atoms with Crippen molar-refractivity contribution in [2.24, 2.45) is 7.05 Å². The molecular formula is C12H15N5O3. The first kappa shape index (κ1) is 13.7. The lowest BCUT2D eigenvalue weighted by atomic mass is 10.3. The molecule has 0 aromatic carbocycles. The van der Waals surface area contributed by atoms with Crippen molar-refractivity contribution in [1.82, 2.24) is 20.1 Å². The molecule has 106 valence electrons. The number of hydrogen-bond acceptors (Lipinski definition) is 3. The van der Waals surface area contributed by atoms with Gasteiger partial charge in [-0.1, -0.05) is 0 Å². The molecule has 4 N–H and O–H groups in total. The van der Waals surface area contributed by atoms with Crippen LogP contribution >= 0.6 is 0 Å². The van der Waals surface area contributed by atoms with Gasteiger partial charge in [-0.25, -0.2) is 9.59 Å². The second-order valence-corrected chi connectivity index (χ2v) is 4.38. The Hall–Kier alpha value is -2.77. The van der Waals surface area contributed by atoms with Gasteiger partial charge in [-0.3, -0.25) is 4.68 Å². The van der Waals surface area contributed by atoms with Crippen LogP contribution in [0.5, 0.6) is 0 Å². The summed E-state index contributed by atoms with van der Waals surface area (Å²) in [6.45, 7) is 2.02. The van der Waals surface area contributed by atoms with Crippen LogP contribution in [0.3, 0.4) is 0 Å². The number of H-pyrrole nitrogens is 1. The molecule has 0 unspecified atom stereocenters. The summed E-state index contributed by atoms with van der Waals surface area (Å²) in [6, 6.07) is 1.09. The standard InChI is InChI=1S/C12H15N5O3/c1-7-3-9(10(15-7)11(18)19)16-12(20)13-4-8-5-14-17(2)6-8/h3,5-6,15H,4H2,1-2H3,(H,18,19)(H2,13,16,20). The van der Waals surface area contributed by atoms with E-state index in [2.05, 4.69) is 20.7 Å². The fraction of sp³-hybridized carbons (Fsp3) is 0.250. The fourth-order valence-corrected chi connectivity index (χ4v) is 1.77. The van der Waals surface area contributed by atoms with E-state index in [9.17, 15) is 9.59 Å². The predicted octanol–water partition coefficient (Wildman–Crippen LogP) is 1.08. The number of carboxylic acids is 1. The van der Waals surface area contributed by atoms with Gasteiger partial charge < -0.3 is 20.7 Å². The average molecular weight is 277 g/mol. The average Bonchev–Trinajstić information content (AvgIpc) is 2.93. The number of anilines is 1. The molecule has 0 atom stereocenters. The molecule has 0 saturated heterocycles. The van der Waals surface area contributed by atoms with E-state index < -0.39 is 12.0 Å². The lowest BCUT2D eigenvalue weighted by Crippen LogP contribution is -2.28. The van der Waals surface area contributed by atoms with Gasteiger partial charge in [0.15, 0.2) is 0 Å². The number of carbonyl (C=O) groups is 2. The van der Waals surface area contributed by atoms with Crippen LogP contribution in [0, 0.1) is 6.92 Å². The Morgan fingerprint density at radius 3 is 2.85 bits per heavy atom. The zero-order chi connectivity index (χ0) is 14.7. The molecule has 2 aromatic heterocycles. The number of aromatic carboxylic acids is 1. The molecule has 20 heavy (non-hydrogen) atoms. The summed E-state index contributed by atoms with van der Waals surface area (Å²) < 4.78 is 1.63. The first-order valence-electron chi connectivity index (χ1n) is 5.91. The Labute approximate surface area is 114 Å². The zero-order valence-electron chi connectivity index (χ0n) is 11.1. The smallest absolute Gasteiger partial charge is 0.354 e. The van der Waals surface area contributed by atoms with E-state index in [1.54, 1.807) is 37.1 Å². The lowest BCUT2D eigenvalue weighted by molar-refractivity contribution is 0.0692. The predicted molar refractivity (Wildman–Crippen MR) is 71.6 cm³/mol. The number of rotatable bonds is 4. The maximum Gasteiger partial charge on any atom is 0.354 e. The summed E-state index contributed by atoms with van der Waals surface area (Å²) in [7, 11) is 1.78. The largest absolute Gasteiger partial charge is 0.477 e. The van der Waals surface area contributed by atoms with Crippen molar-refractivity contribution < 1.29 is 14.7 Å². The first-order chi connectivity index (χ1) is 9.45. The van der Waals surface area contributed by atoms with E-state index in [1.165, 1.54) is 0 Å².